The SMILES string of the molecule is COCC(NC(=O)Cc1csc(-c2ccc(Cl)s2)n1)C(=O)O. The fourth-order valence-electron chi connectivity index (χ4n) is 1.68. The summed E-state index contributed by atoms with van der Waals surface area (Å²) in [7, 11) is 1.38. The van der Waals surface area contributed by atoms with Gasteiger partial charge in [0.05, 0.1) is 27.9 Å². The summed E-state index contributed by atoms with van der Waals surface area (Å²) in [5, 5.41) is 13.9. The van der Waals surface area contributed by atoms with Gasteiger partial charge in [0.2, 0.25) is 5.91 Å². The molecule has 118 valence electrons. The molecule has 0 bridgehead atoms. The molecule has 2 N–H and O–H groups in total. The Hall–Kier alpha value is -1.48. The maximum Gasteiger partial charge on any atom is 0.328 e. The number of carboxylic acid groups (broad SMARTS) is 1. The monoisotopic (exact) mass is 360 g/mol. The first-order chi connectivity index (χ1) is 10.5. The molecule has 22 heavy (non-hydrogen) atoms. The first-order valence-electron chi connectivity index (χ1n) is 6.21. The Balaban J connectivity index is 1.97. The van der Waals surface area contributed by atoms with Crippen molar-refractivity contribution in [1.82, 2.24) is 10.3 Å². The molecule has 1 amide bonds. The molecule has 0 aliphatic carbocycles. The van der Waals surface area contributed by atoms with E-state index in [0.717, 1.165) is 9.88 Å². The number of thiophene rings is 1. The molecule has 2 aromatic heterocycles. The van der Waals surface area contributed by atoms with Crippen molar-refractivity contribution in [2.45, 2.75) is 12.5 Å². The standard InChI is InChI=1S/C13H13ClN2O4S2/c1-20-5-8(13(18)19)16-11(17)4-7-6-21-12(15-7)9-2-3-10(14)22-9/h2-3,6,8H,4-5H2,1H3,(H,16,17)(H,18,19). The lowest BCUT2D eigenvalue weighted by Gasteiger charge is -2.12. The van der Waals surface area contributed by atoms with Crippen molar-refractivity contribution in [2.24, 2.45) is 0 Å². The summed E-state index contributed by atoms with van der Waals surface area (Å²) in [6, 6.07) is 2.60. The van der Waals surface area contributed by atoms with Gasteiger partial charge in [0, 0.05) is 12.5 Å². The van der Waals surface area contributed by atoms with E-state index in [1.54, 1.807) is 11.4 Å². The number of ether oxygens (including phenoxy) is 1. The average Bonchev–Trinajstić information content (AvgIpc) is 3.07. The van der Waals surface area contributed by atoms with Crippen LogP contribution in [0.25, 0.3) is 9.88 Å². The van der Waals surface area contributed by atoms with Gasteiger partial charge >= 0.3 is 5.97 Å². The third kappa shape index (κ3) is 4.51. The van der Waals surface area contributed by atoms with Crippen LogP contribution in [0.3, 0.4) is 0 Å². The highest BCUT2D eigenvalue weighted by atomic mass is 35.5. The summed E-state index contributed by atoms with van der Waals surface area (Å²) >= 11 is 8.71. The number of thiazole rings is 1. The number of halogens is 1. The zero-order valence-electron chi connectivity index (χ0n) is 11.5. The van der Waals surface area contributed by atoms with E-state index >= 15 is 0 Å². The molecule has 9 heteroatoms. The van der Waals surface area contributed by atoms with Crippen LogP contribution >= 0.6 is 34.3 Å². The second-order valence-corrected chi connectivity index (χ2v) is 6.91. The number of carbonyl (C=O) groups excluding carboxylic acids is 1. The summed E-state index contributed by atoms with van der Waals surface area (Å²) in [4.78, 5) is 28.1. The summed E-state index contributed by atoms with van der Waals surface area (Å²) in [5.74, 6) is -1.55. The second kappa shape index (κ2) is 7.68. The number of carboxylic acids is 1. The normalized spacial score (nSPS) is 12.1. The third-order valence-corrected chi connectivity index (χ3v) is 4.94. The maximum absolute atomic E-state index is 11.9. The number of rotatable bonds is 7. The largest absolute Gasteiger partial charge is 0.480 e. The number of amides is 1. The van der Waals surface area contributed by atoms with E-state index in [9.17, 15) is 9.59 Å². The maximum atomic E-state index is 11.9. The zero-order chi connectivity index (χ0) is 16.1. The van der Waals surface area contributed by atoms with Gasteiger partial charge in [0.15, 0.2) is 6.04 Å². The Morgan fingerprint density at radius 1 is 1.50 bits per heavy atom. The van der Waals surface area contributed by atoms with Crippen LogP contribution in [0.4, 0.5) is 0 Å². The molecule has 6 nitrogen and oxygen atoms in total. The van der Waals surface area contributed by atoms with Gasteiger partial charge < -0.3 is 15.2 Å². The van der Waals surface area contributed by atoms with E-state index in [1.807, 2.05) is 6.07 Å². The van der Waals surface area contributed by atoms with Crippen LogP contribution in [0.1, 0.15) is 5.69 Å². The molecule has 0 radical (unpaired) electrons. The van der Waals surface area contributed by atoms with Crippen LogP contribution in [0, 0.1) is 0 Å². The molecule has 2 heterocycles. The van der Waals surface area contributed by atoms with Gasteiger partial charge in [-0.25, -0.2) is 9.78 Å². The van der Waals surface area contributed by atoms with Crippen molar-refractivity contribution >= 4 is 46.2 Å². The number of nitrogens with one attached hydrogen (secondary N) is 1. The van der Waals surface area contributed by atoms with E-state index < -0.39 is 17.9 Å². The Labute approximate surface area is 139 Å². The van der Waals surface area contributed by atoms with Crippen molar-refractivity contribution in [1.29, 1.82) is 0 Å². The fourth-order valence-corrected chi connectivity index (χ4v) is 3.62. The summed E-state index contributed by atoms with van der Waals surface area (Å²) in [6.07, 6.45) is 0.0170. The molecule has 0 saturated carbocycles. The first kappa shape index (κ1) is 16.9. The van der Waals surface area contributed by atoms with E-state index in [1.165, 1.54) is 29.8 Å². The minimum atomic E-state index is -1.14. The highest BCUT2D eigenvalue weighted by Gasteiger charge is 2.20. The molecule has 1 atom stereocenters. The molecule has 0 spiro atoms. The summed E-state index contributed by atoms with van der Waals surface area (Å²) in [6.45, 7) is -0.0862. The smallest absolute Gasteiger partial charge is 0.328 e. The van der Waals surface area contributed by atoms with Gasteiger partial charge in [-0.2, -0.15) is 0 Å². The van der Waals surface area contributed by atoms with Gasteiger partial charge in [-0.15, -0.1) is 22.7 Å². The van der Waals surface area contributed by atoms with E-state index in [2.05, 4.69) is 10.3 Å². The lowest BCUT2D eigenvalue weighted by Crippen LogP contribution is -2.44. The molecule has 0 aromatic carbocycles. The number of carbonyl (C=O) groups is 2. The topological polar surface area (TPSA) is 88.5 Å². The third-order valence-electron chi connectivity index (χ3n) is 2.64. The number of methoxy groups -OCH3 is 1. The lowest BCUT2D eigenvalue weighted by atomic mass is 10.2. The summed E-state index contributed by atoms with van der Waals surface area (Å²) in [5.41, 5.74) is 0.587. The quantitative estimate of drug-likeness (QED) is 0.790. The molecular weight excluding hydrogens is 348 g/mol. The van der Waals surface area contributed by atoms with Crippen LogP contribution in [-0.4, -0.2) is 41.7 Å². The predicted molar refractivity (Wildman–Crippen MR) is 85.6 cm³/mol. The number of aromatic nitrogens is 1. The predicted octanol–water partition coefficient (Wildman–Crippen LogP) is 2.28. The van der Waals surface area contributed by atoms with Crippen molar-refractivity contribution in [2.75, 3.05) is 13.7 Å². The van der Waals surface area contributed by atoms with Crippen molar-refractivity contribution in [3.05, 3.63) is 27.5 Å². The molecule has 2 rings (SSSR count). The van der Waals surface area contributed by atoms with Gasteiger partial charge in [-0.3, -0.25) is 4.79 Å². The van der Waals surface area contributed by atoms with E-state index in [4.69, 9.17) is 21.4 Å². The fraction of sp³-hybridized carbons (Fsp3) is 0.308. The van der Waals surface area contributed by atoms with Gasteiger partial charge in [-0.05, 0) is 12.1 Å². The molecule has 0 aliphatic heterocycles. The van der Waals surface area contributed by atoms with Gasteiger partial charge in [0.25, 0.3) is 0 Å². The van der Waals surface area contributed by atoms with Crippen LogP contribution in [0.2, 0.25) is 4.34 Å². The van der Waals surface area contributed by atoms with Crippen molar-refractivity contribution in [3.63, 3.8) is 0 Å². The number of aliphatic carboxylic acids is 1. The second-order valence-electron chi connectivity index (χ2n) is 4.34. The van der Waals surface area contributed by atoms with Gasteiger partial charge in [0.1, 0.15) is 5.01 Å². The minimum Gasteiger partial charge on any atom is -0.480 e. The number of hydrogen-bond acceptors (Lipinski definition) is 6. The van der Waals surface area contributed by atoms with E-state index in [0.29, 0.717) is 10.0 Å². The lowest BCUT2D eigenvalue weighted by molar-refractivity contribution is -0.143. The molecule has 0 aliphatic rings. The highest BCUT2D eigenvalue weighted by Crippen LogP contribution is 2.32. The number of hydrogen-bond donors (Lipinski definition) is 2. The van der Waals surface area contributed by atoms with Crippen LogP contribution in [-0.2, 0) is 20.7 Å². The van der Waals surface area contributed by atoms with Crippen LogP contribution in [0.5, 0.6) is 0 Å². The Kier molecular flexibility index (Phi) is 5.90. The zero-order valence-corrected chi connectivity index (χ0v) is 13.9. The molecule has 0 fully saturated rings. The van der Waals surface area contributed by atoms with Crippen LogP contribution < -0.4 is 5.32 Å². The molecule has 1 unspecified atom stereocenters. The number of nitrogens with zero attached hydrogens (tertiary/aromatic N) is 1. The molecule has 2 aromatic rings. The molecule has 0 saturated heterocycles. The Morgan fingerprint density at radius 2 is 2.27 bits per heavy atom. The first-order valence-corrected chi connectivity index (χ1v) is 8.28. The highest BCUT2D eigenvalue weighted by molar-refractivity contribution is 7.23. The van der Waals surface area contributed by atoms with E-state index in [-0.39, 0.29) is 13.0 Å². The Morgan fingerprint density at radius 3 is 2.86 bits per heavy atom. The Bertz CT molecular complexity index is 671. The van der Waals surface area contributed by atoms with Crippen molar-refractivity contribution in [3.8, 4) is 9.88 Å². The minimum absolute atomic E-state index is 0.0170. The summed E-state index contributed by atoms with van der Waals surface area (Å²) < 4.78 is 5.43. The van der Waals surface area contributed by atoms with Crippen molar-refractivity contribution < 1.29 is 19.4 Å². The van der Waals surface area contributed by atoms with Gasteiger partial charge in [-0.1, -0.05) is 11.6 Å². The average molecular weight is 361 g/mol. The van der Waals surface area contributed by atoms with Crippen LogP contribution in [0.15, 0.2) is 17.5 Å². The molecular formula is C13H13ClN2O4S2.